The van der Waals surface area contributed by atoms with Gasteiger partial charge in [0.05, 0.1) is 23.1 Å². The van der Waals surface area contributed by atoms with E-state index in [4.69, 9.17) is 4.74 Å². The van der Waals surface area contributed by atoms with Crippen LogP contribution in [0.5, 0.6) is 0 Å². The lowest BCUT2D eigenvalue weighted by molar-refractivity contribution is 0.0603. The Hall–Kier alpha value is -2.14. The van der Waals surface area contributed by atoms with E-state index in [1.807, 2.05) is 24.4 Å². The standard InChI is InChI=1S/C13H10N2O2S/c1-17-13(16)10-4-8(12-6-14-7-18-12)5-11-9(10)2-3-15-11/h2-7,15H,1H3. The number of aromatic nitrogens is 2. The minimum atomic E-state index is -0.328. The third kappa shape index (κ3) is 1.69. The predicted octanol–water partition coefficient (Wildman–Crippen LogP) is 3.08. The number of carbonyl (C=O) groups is 1. The van der Waals surface area contributed by atoms with Gasteiger partial charge >= 0.3 is 5.97 Å². The Bertz CT molecular complexity index is 701. The quantitative estimate of drug-likeness (QED) is 0.719. The molecule has 0 fully saturated rings. The molecule has 90 valence electrons. The monoisotopic (exact) mass is 258 g/mol. The number of carbonyl (C=O) groups excluding carboxylic acids is 1. The van der Waals surface area contributed by atoms with Crippen molar-refractivity contribution >= 4 is 28.2 Å². The highest BCUT2D eigenvalue weighted by molar-refractivity contribution is 7.13. The minimum absolute atomic E-state index is 0.328. The number of nitrogens with zero attached hydrogens (tertiary/aromatic N) is 1. The van der Waals surface area contributed by atoms with Crippen LogP contribution in [0.1, 0.15) is 10.4 Å². The molecular weight excluding hydrogens is 248 g/mol. The molecule has 5 heteroatoms. The van der Waals surface area contributed by atoms with Crippen LogP contribution in [-0.2, 0) is 4.74 Å². The molecule has 4 nitrogen and oxygen atoms in total. The van der Waals surface area contributed by atoms with Crippen LogP contribution in [0.3, 0.4) is 0 Å². The number of aromatic amines is 1. The SMILES string of the molecule is COC(=O)c1cc(-c2cncs2)cc2[nH]ccc12. The first-order valence-corrected chi connectivity index (χ1v) is 6.26. The van der Waals surface area contributed by atoms with E-state index in [2.05, 4.69) is 9.97 Å². The first-order valence-electron chi connectivity index (χ1n) is 5.38. The van der Waals surface area contributed by atoms with Crippen molar-refractivity contribution in [2.45, 2.75) is 0 Å². The molecule has 0 radical (unpaired) electrons. The Morgan fingerprint density at radius 1 is 1.44 bits per heavy atom. The molecule has 0 aliphatic rings. The summed E-state index contributed by atoms with van der Waals surface area (Å²) in [5.41, 5.74) is 4.22. The van der Waals surface area contributed by atoms with Gasteiger partial charge in [-0.3, -0.25) is 4.98 Å². The molecule has 1 N–H and O–H groups in total. The van der Waals surface area contributed by atoms with Gasteiger partial charge in [0.2, 0.25) is 0 Å². The Balaban J connectivity index is 2.26. The van der Waals surface area contributed by atoms with Gasteiger partial charge in [-0.25, -0.2) is 4.79 Å². The van der Waals surface area contributed by atoms with E-state index < -0.39 is 0 Å². The van der Waals surface area contributed by atoms with Crippen molar-refractivity contribution in [1.29, 1.82) is 0 Å². The van der Waals surface area contributed by atoms with Crippen molar-refractivity contribution in [2.75, 3.05) is 7.11 Å². The third-order valence-corrected chi connectivity index (χ3v) is 3.61. The van der Waals surface area contributed by atoms with Crippen molar-refractivity contribution in [3.8, 4) is 10.4 Å². The van der Waals surface area contributed by atoms with Gasteiger partial charge in [-0.1, -0.05) is 0 Å². The smallest absolute Gasteiger partial charge is 0.338 e. The number of rotatable bonds is 2. The maximum atomic E-state index is 11.8. The van der Waals surface area contributed by atoms with Crippen LogP contribution in [0.4, 0.5) is 0 Å². The highest BCUT2D eigenvalue weighted by Crippen LogP contribution is 2.29. The number of thiazole rings is 1. The van der Waals surface area contributed by atoms with E-state index in [9.17, 15) is 4.79 Å². The molecule has 0 atom stereocenters. The number of benzene rings is 1. The Labute approximate surface area is 107 Å². The van der Waals surface area contributed by atoms with Crippen molar-refractivity contribution in [3.05, 3.63) is 41.7 Å². The van der Waals surface area contributed by atoms with Gasteiger partial charge in [-0.15, -0.1) is 11.3 Å². The second kappa shape index (κ2) is 4.27. The molecule has 18 heavy (non-hydrogen) atoms. The lowest BCUT2D eigenvalue weighted by atomic mass is 10.1. The lowest BCUT2D eigenvalue weighted by Gasteiger charge is -2.04. The van der Waals surface area contributed by atoms with Crippen LogP contribution in [0, 0.1) is 0 Å². The summed E-state index contributed by atoms with van der Waals surface area (Å²) in [6.45, 7) is 0. The van der Waals surface area contributed by atoms with Crippen molar-refractivity contribution in [1.82, 2.24) is 9.97 Å². The normalized spacial score (nSPS) is 10.7. The van der Waals surface area contributed by atoms with Gasteiger partial charge in [0.1, 0.15) is 0 Å². The summed E-state index contributed by atoms with van der Waals surface area (Å²) in [6.07, 6.45) is 3.60. The summed E-state index contributed by atoms with van der Waals surface area (Å²) in [4.78, 5) is 20.0. The Kier molecular flexibility index (Phi) is 2.60. The number of nitrogens with one attached hydrogen (secondary N) is 1. The molecule has 2 aromatic heterocycles. The summed E-state index contributed by atoms with van der Waals surface area (Å²) in [5, 5.41) is 0.870. The van der Waals surface area contributed by atoms with Crippen molar-refractivity contribution < 1.29 is 9.53 Å². The number of esters is 1. The minimum Gasteiger partial charge on any atom is -0.465 e. The van der Waals surface area contributed by atoms with Gasteiger partial charge in [-0.2, -0.15) is 0 Å². The zero-order valence-corrected chi connectivity index (χ0v) is 10.5. The van der Waals surface area contributed by atoms with Crippen LogP contribution in [0.15, 0.2) is 36.1 Å². The number of methoxy groups -OCH3 is 1. The molecule has 0 saturated carbocycles. The first kappa shape index (κ1) is 11.0. The second-order valence-corrected chi connectivity index (χ2v) is 4.71. The molecule has 0 aliphatic heterocycles. The van der Waals surface area contributed by atoms with Gasteiger partial charge in [0, 0.05) is 23.3 Å². The van der Waals surface area contributed by atoms with E-state index in [0.717, 1.165) is 21.3 Å². The Morgan fingerprint density at radius 3 is 3.06 bits per heavy atom. The topological polar surface area (TPSA) is 55.0 Å². The fourth-order valence-electron chi connectivity index (χ4n) is 1.95. The largest absolute Gasteiger partial charge is 0.465 e. The van der Waals surface area contributed by atoms with Crippen molar-refractivity contribution in [2.24, 2.45) is 0 Å². The summed E-state index contributed by atoms with van der Waals surface area (Å²) in [7, 11) is 1.39. The summed E-state index contributed by atoms with van der Waals surface area (Å²) in [6, 6.07) is 5.73. The number of ether oxygens (including phenoxy) is 1. The van der Waals surface area contributed by atoms with E-state index in [-0.39, 0.29) is 5.97 Å². The molecule has 3 rings (SSSR count). The molecule has 0 spiro atoms. The van der Waals surface area contributed by atoms with Gasteiger partial charge in [0.15, 0.2) is 0 Å². The highest BCUT2D eigenvalue weighted by Gasteiger charge is 2.14. The van der Waals surface area contributed by atoms with E-state index in [0.29, 0.717) is 5.56 Å². The van der Waals surface area contributed by atoms with E-state index >= 15 is 0 Å². The number of hydrogen-bond donors (Lipinski definition) is 1. The maximum absolute atomic E-state index is 11.8. The predicted molar refractivity (Wildman–Crippen MR) is 70.7 cm³/mol. The lowest BCUT2D eigenvalue weighted by Crippen LogP contribution is -2.01. The molecule has 2 heterocycles. The molecular formula is C13H10N2O2S. The summed E-state index contributed by atoms with van der Waals surface area (Å²) in [5.74, 6) is -0.328. The van der Waals surface area contributed by atoms with E-state index in [1.54, 1.807) is 11.7 Å². The molecule has 0 saturated heterocycles. The van der Waals surface area contributed by atoms with Crippen LogP contribution in [-0.4, -0.2) is 23.0 Å². The second-order valence-electron chi connectivity index (χ2n) is 3.82. The fourth-order valence-corrected chi connectivity index (χ4v) is 2.56. The Morgan fingerprint density at radius 2 is 2.33 bits per heavy atom. The van der Waals surface area contributed by atoms with Gasteiger partial charge < -0.3 is 9.72 Å². The summed E-state index contributed by atoms with van der Waals surface area (Å²) >= 11 is 1.54. The van der Waals surface area contributed by atoms with Crippen LogP contribution >= 0.6 is 11.3 Å². The number of H-pyrrole nitrogens is 1. The highest BCUT2D eigenvalue weighted by atomic mass is 32.1. The van der Waals surface area contributed by atoms with Crippen LogP contribution in [0.2, 0.25) is 0 Å². The fraction of sp³-hybridized carbons (Fsp3) is 0.0769. The molecule has 1 aromatic carbocycles. The zero-order chi connectivity index (χ0) is 12.5. The average Bonchev–Trinajstić information content (AvgIpc) is 3.06. The molecule has 0 aliphatic carbocycles. The van der Waals surface area contributed by atoms with Crippen LogP contribution in [0.25, 0.3) is 21.3 Å². The summed E-state index contributed by atoms with van der Waals surface area (Å²) < 4.78 is 4.82. The van der Waals surface area contributed by atoms with Gasteiger partial charge in [0.25, 0.3) is 0 Å². The molecule has 0 bridgehead atoms. The maximum Gasteiger partial charge on any atom is 0.338 e. The molecule has 0 unspecified atom stereocenters. The van der Waals surface area contributed by atoms with Crippen LogP contribution < -0.4 is 0 Å². The number of fused-ring (bicyclic) bond motifs is 1. The molecule has 3 aromatic rings. The van der Waals surface area contributed by atoms with Crippen molar-refractivity contribution in [3.63, 3.8) is 0 Å². The number of hydrogen-bond acceptors (Lipinski definition) is 4. The third-order valence-electron chi connectivity index (χ3n) is 2.79. The average molecular weight is 258 g/mol. The van der Waals surface area contributed by atoms with Gasteiger partial charge in [-0.05, 0) is 23.8 Å². The molecule has 0 amide bonds. The first-order chi connectivity index (χ1) is 8.79. The van der Waals surface area contributed by atoms with E-state index in [1.165, 1.54) is 18.4 Å². The zero-order valence-electron chi connectivity index (χ0n) is 9.64.